The number of hydrogen-bond acceptors (Lipinski definition) is 5. The van der Waals surface area contributed by atoms with Gasteiger partial charge in [-0.2, -0.15) is 0 Å². The maximum atomic E-state index is 15.3. The number of benzene rings is 4. The van der Waals surface area contributed by atoms with Crippen molar-refractivity contribution in [2.75, 3.05) is 9.80 Å². The predicted molar refractivity (Wildman–Crippen MR) is 181 cm³/mol. The minimum Gasteiger partial charge on any atom is -0.508 e. The molecule has 1 N–H and O–H groups in total. The van der Waals surface area contributed by atoms with Crippen LogP contribution in [0, 0.1) is 46.8 Å². The summed E-state index contributed by atoms with van der Waals surface area (Å²) in [5.41, 5.74) is -0.712. The summed E-state index contributed by atoms with van der Waals surface area (Å²) in [4.78, 5) is 52.6. The van der Waals surface area contributed by atoms with Crippen molar-refractivity contribution in [2.45, 2.75) is 28.5 Å². The van der Waals surface area contributed by atoms with Gasteiger partial charge in [-0.25, -0.2) is 26.9 Å². The van der Waals surface area contributed by atoms with Crippen LogP contribution in [0.1, 0.15) is 29.9 Å². The second-order valence-corrected chi connectivity index (χ2v) is 14.5. The van der Waals surface area contributed by atoms with Crippen LogP contribution in [0.4, 0.5) is 33.3 Å². The van der Waals surface area contributed by atoms with Crippen LogP contribution < -0.4 is 9.80 Å². The van der Waals surface area contributed by atoms with Crippen molar-refractivity contribution >= 4 is 75.1 Å². The lowest BCUT2D eigenvalue weighted by molar-refractivity contribution is -0.125. The number of aromatic hydroxyl groups is 1. The summed E-state index contributed by atoms with van der Waals surface area (Å²) >= 11 is 14.5. The Morgan fingerprint density at radius 1 is 0.769 bits per heavy atom. The topological polar surface area (TPSA) is 95.0 Å². The molecule has 2 aliphatic carbocycles. The normalized spacial score (nSPS) is 28.2. The molecule has 4 aromatic carbocycles. The number of phenolic OH excluding ortho intramolecular Hbond substituents is 1. The lowest BCUT2D eigenvalue weighted by atomic mass is 9.56. The molecule has 8 rings (SSSR count). The van der Waals surface area contributed by atoms with Crippen LogP contribution >= 0.6 is 23.2 Å². The molecule has 0 bridgehead atoms. The molecule has 3 fully saturated rings. The quantitative estimate of drug-likeness (QED) is 0.0578. The number of fused-ring (bicyclic) bond motifs is 5. The van der Waals surface area contributed by atoms with Gasteiger partial charge in [-0.3, -0.25) is 24.1 Å². The average molecular weight is 754 g/mol. The van der Waals surface area contributed by atoms with E-state index in [1.165, 1.54) is 6.07 Å². The molecule has 0 aromatic heterocycles. The molecule has 1 saturated carbocycles. The third-order valence-corrected chi connectivity index (χ3v) is 12.3. The van der Waals surface area contributed by atoms with Crippen LogP contribution in [0.5, 0.6) is 5.75 Å². The maximum Gasteiger partial charge on any atom is 0.258 e. The highest BCUT2D eigenvalue weighted by Crippen LogP contribution is 2.67. The number of nitrogens with zero attached hydrogens (tertiary/aromatic N) is 2. The van der Waals surface area contributed by atoms with E-state index >= 15 is 8.78 Å². The zero-order chi connectivity index (χ0) is 37.2. The Morgan fingerprint density at radius 3 is 2.06 bits per heavy atom. The summed E-state index contributed by atoms with van der Waals surface area (Å²) in [5, 5.41) is 12.3. The summed E-state index contributed by atoms with van der Waals surface area (Å²) < 4.78 is 73.9. The van der Waals surface area contributed by atoms with Gasteiger partial charge >= 0.3 is 0 Å². The van der Waals surface area contributed by atoms with Gasteiger partial charge in [-0.15, -0.1) is 23.2 Å². The number of anilines is 2. The monoisotopic (exact) mass is 752 g/mol. The number of imide groups is 2. The number of carbonyl (C=O) groups excluding carboxylic acids is 4. The highest BCUT2D eigenvalue weighted by atomic mass is 35.5. The van der Waals surface area contributed by atoms with E-state index in [-0.39, 0.29) is 28.1 Å². The van der Waals surface area contributed by atoms with Crippen LogP contribution in [0.3, 0.4) is 0 Å². The number of allylic oxidation sites excluding steroid dienone is 2. The average Bonchev–Trinajstić information content (AvgIpc) is 3.48. The number of rotatable bonds is 4. The fourth-order valence-electron chi connectivity index (χ4n) is 8.49. The Hall–Kier alpha value is -5.07. The van der Waals surface area contributed by atoms with E-state index in [2.05, 4.69) is 6.58 Å². The summed E-state index contributed by atoms with van der Waals surface area (Å²) in [5.74, 6) is -22.1. The first kappa shape index (κ1) is 34.0. The van der Waals surface area contributed by atoms with Gasteiger partial charge in [0.05, 0.1) is 17.5 Å². The van der Waals surface area contributed by atoms with Crippen molar-refractivity contribution in [3.63, 3.8) is 0 Å². The molecule has 4 amide bonds. The standard InChI is InChI=1S/C38H23Cl2F5N2O5/c1-2-16-7-10-18(11-8-16)46-33(49)21-13-12-20-22(24(21)34(46)50)15-37(39)35(51)47(32-30(44)28(42)27(41)29(43)31(32)45)36(52)38(37,40)26(20)25-19-6-4-3-5-17(19)9-14-23(25)48/h2-12,14,21-22,24,26,48H,1,13,15H2. The van der Waals surface area contributed by atoms with Crippen molar-refractivity contribution in [3.05, 3.63) is 119 Å². The molecule has 6 unspecified atom stereocenters. The fraction of sp³-hybridized carbons (Fsp3) is 0.211. The largest absolute Gasteiger partial charge is 0.508 e. The number of amides is 4. The first-order valence-electron chi connectivity index (χ1n) is 16.0. The first-order valence-corrected chi connectivity index (χ1v) is 16.7. The molecule has 0 spiro atoms. The molecule has 2 heterocycles. The summed E-state index contributed by atoms with van der Waals surface area (Å²) in [7, 11) is 0. The van der Waals surface area contributed by atoms with E-state index in [9.17, 15) is 37.5 Å². The number of hydrogen-bond donors (Lipinski definition) is 1. The smallest absolute Gasteiger partial charge is 0.258 e. The van der Waals surface area contributed by atoms with E-state index in [4.69, 9.17) is 23.2 Å². The van der Waals surface area contributed by atoms with Crippen LogP contribution in [0.15, 0.2) is 78.9 Å². The molecule has 52 heavy (non-hydrogen) atoms. The van der Waals surface area contributed by atoms with Crippen molar-refractivity contribution in [3.8, 4) is 5.75 Å². The number of carbonyl (C=O) groups is 4. The Kier molecular flexibility index (Phi) is 7.50. The predicted octanol–water partition coefficient (Wildman–Crippen LogP) is 7.65. The zero-order valence-electron chi connectivity index (χ0n) is 26.5. The lowest BCUT2D eigenvalue weighted by Crippen LogP contribution is -2.60. The molecule has 14 heteroatoms. The van der Waals surface area contributed by atoms with Gasteiger partial charge in [0, 0.05) is 11.5 Å². The van der Waals surface area contributed by atoms with Crippen LogP contribution in [0.25, 0.3) is 16.8 Å². The highest BCUT2D eigenvalue weighted by Gasteiger charge is 2.77. The molecule has 264 valence electrons. The molecule has 7 nitrogen and oxygen atoms in total. The second kappa shape index (κ2) is 11.5. The van der Waals surface area contributed by atoms with E-state index in [1.807, 2.05) is 0 Å². The summed E-state index contributed by atoms with van der Waals surface area (Å²) in [6.45, 7) is 3.70. The minimum atomic E-state index is -2.77. The Balaban J connectivity index is 1.36. The molecule has 2 aliphatic heterocycles. The fourth-order valence-corrected chi connectivity index (χ4v) is 9.40. The van der Waals surface area contributed by atoms with Crippen molar-refractivity contribution < 1.29 is 46.2 Å². The lowest BCUT2D eigenvalue weighted by Gasteiger charge is -2.51. The number of alkyl halides is 2. The van der Waals surface area contributed by atoms with E-state index in [1.54, 1.807) is 66.7 Å². The third-order valence-electron chi connectivity index (χ3n) is 10.8. The molecular weight excluding hydrogens is 730 g/mol. The highest BCUT2D eigenvalue weighted by molar-refractivity contribution is 6.58. The van der Waals surface area contributed by atoms with E-state index in [0.717, 1.165) is 10.5 Å². The van der Waals surface area contributed by atoms with Crippen LogP contribution in [0.2, 0.25) is 0 Å². The maximum absolute atomic E-state index is 15.3. The Bertz CT molecular complexity index is 2340. The third kappa shape index (κ3) is 4.19. The SMILES string of the molecule is C=Cc1ccc(N2C(=O)C3CC=C4C(CC5(Cl)C(=O)N(c6c(F)c(F)c(F)c(F)c6F)C(=O)C5(Cl)C4c4c(O)ccc5ccccc45)C3C2=O)cc1. The zero-order valence-corrected chi connectivity index (χ0v) is 28.0. The van der Waals surface area contributed by atoms with Gasteiger partial charge in [0.15, 0.2) is 33.0 Å². The van der Waals surface area contributed by atoms with Gasteiger partial charge in [0.25, 0.3) is 11.8 Å². The van der Waals surface area contributed by atoms with E-state index < -0.39 is 104 Å². The van der Waals surface area contributed by atoms with Gasteiger partial charge in [-0.1, -0.05) is 66.8 Å². The van der Waals surface area contributed by atoms with Gasteiger partial charge in [-0.05, 0) is 53.3 Å². The summed E-state index contributed by atoms with van der Waals surface area (Å²) in [6.07, 6.45) is 2.45. The molecule has 4 aliphatic rings. The molecule has 2 saturated heterocycles. The van der Waals surface area contributed by atoms with Crippen LogP contribution in [-0.4, -0.2) is 38.5 Å². The van der Waals surface area contributed by atoms with Gasteiger partial charge in [0.1, 0.15) is 11.4 Å². The molecular formula is C38H23Cl2F5N2O5. The number of phenols is 1. The Morgan fingerprint density at radius 2 is 1.40 bits per heavy atom. The minimum absolute atomic E-state index is 0.0402. The first-order chi connectivity index (χ1) is 24.7. The van der Waals surface area contributed by atoms with Crippen LogP contribution in [-0.2, 0) is 19.2 Å². The van der Waals surface area contributed by atoms with E-state index in [0.29, 0.717) is 10.8 Å². The van der Waals surface area contributed by atoms with Gasteiger partial charge < -0.3 is 5.11 Å². The van der Waals surface area contributed by atoms with Crippen molar-refractivity contribution in [2.24, 2.45) is 17.8 Å². The second-order valence-electron chi connectivity index (χ2n) is 13.2. The van der Waals surface area contributed by atoms with Gasteiger partial charge in [0.2, 0.25) is 17.6 Å². The Labute approximate surface area is 301 Å². The summed E-state index contributed by atoms with van der Waals surface area (Å²) in [6, 6.07) is 15.8. The number of halogens is 7. The molecule has 6 atom stereocenters. The molecule has 4 aromatic rings. The molecule has 0 radical (unpaired) electrons. The van der Waals surface area contributed by atoms with Crippen molar-refractivity contribution in [1.82, 2.24) is 0 Å². The van der Waals surface area contributed by atoms with Crippen molar-refractivity contribution in [1.29, 1.82) is 0 Å².